The fourth-order valence-corrected chi connectivity index (χ4v) is 2.95. The van der Waals surface area contributed by atoms with E-state index < -0.39 is 0 Å². The number of rotatable bonds is 2. The van der Waals surface area contributed by atoms with E-state index >= 15 is 0 Å². The number of hydrogen-bond acceptors (Lipinski definition) is 3. The Bertz CT molecular complexity index is 437. The van der Waals surface area contributed by atoms with Crippen LogP contribution in [-0.2, 0) is 16.6 Å². The highest BCUT2D eigenvalue weighted by Crippen LogP contribution is 2.33. The Labute approximate surface area is 107 Å². The Morgan fingerprint density at radius 1 is 1.44 bits per heavy atom. The topological polar surface area (TPSA) is 47.4 Å². The Hall–Kier alpha value is -1.36. The van der Waals surface area contributed by atoms with Gasteiger partial charge in [-0.3, -0.25) is 9.48 Å². The molecule has 1 aromatic heterocycles. The number of aromatic nitrogens is 2. The largest absolute Gasteiger partial charge is 0.368 e. The molecular formula is C13H19N3O2. The first kappa shape index (κ1) is 11.7. The van der Waals surface area contributed by atoms with E-state index in [-0.39, 0.29) is 18.1 Å². The summed E-state index contributed by atoms with van der Waals surface area (Å²) in [5.74, 6) is 0.166. The highest BCUT2D eigenvalue weighted by molar-refractivity contribution is 5.81. The van der Waals surface area contributed by atoms with Crippen molar-refractivity contribution in [1.82, 2.24) is 14.7 Å². The minimum Gasteiger partial charge on any atom is -0.368 e. The first-order valence-electron chi connectivity index (χ1n) is 6.66. The minimum atomic E-state index is -0.206. The molecule has 5 heteroatoms. The molecule has 0 radical (unpaired) electrons. The molecule has 2 atom stereocenters. The molecule has 0 spiro atoms. The quantitative estimate of drug-likeness (QED) is 0.793. The average Bonchev–Trinajstić information content (AvgIpc) is 3.09. The zero-order valence-corrected chi connectivity index (χ0v) is 10.7. The molecule has 3 heterocycles. The maximum Gasteiger partial charge on any atom is 0.252 e. The summed E-state index contributed by atoms with van der Waals surface area (Å²) < 4.78 is 7.30. The van der Waals surface area contributed by atoms with E-state index in [1.807, 2.05) is 24.3 Å². The van der Waals surface area contributed by atoms with E-state index in [1.54, 1.807) is 4.68 Å². The number of amides is 1. The SMILES string of the molecule is Cn1cc([C@H]2CCCN2C(=O)[C@@H]2CCCO2)cn1. The lowest BCUT2D eigenvalue weighted by Gasteiger charge is -2.26. The molecular weight excluding hydrogens is 230 g/mol. The summed E-state index contributed by atoms with van der Waals surface area (Å²) in [4.78, 5) is 14.4. The van der Waals surface area contributed by atoms with E-state index in [2.05, 4.69) is 5.10 Å². The van der Waals surface area contributed by atoms with Crippen molar-refractivity contribution in [1.29, 1.82) is 0 Å². The van der Waals surface area contributed by atoms with Crippen molar-refractivity contribution < 1.29 is 9.53 Å². The molecule has 2 saturated heterocycles. The van der Waals surface area contributed by atoms with Gasteiger partial charge in [-0.25, -0.2) is 0 Å². The lowest BCUT2D eigenvalue weighted by molar-refractivity contribution is -0.141. The molecule has 0 bridgehead atoms. The molecule has 0 N–H and O–H groups in total. The molecule has 0 aromatic carbocycles. The van der Waals surface area contributed by atoms with E-state index in [9.17, 15) is 4.79 Å². The third-order valence-electron chi connectivity index (χ3n) is 3.85. The standard InChI is InChI=1S/C13H19N3O2/c1-15-9-10(8-14-15)11-4-2-6-16(11)13(17)12-5-3-7-18-12/h8-9,11-12H,2-7H2,1H3/t11-,12+/m1/s1. The van der Waals surface area contributed by atoms with Gasteiger partial charge in [-0.15, -0.1) is 0 Å². The van der Waals surface area contributed by atoms with Gasteiger partial charge in [0.1, 0.15) is 6.10 Å². The van der Waals surface area contributed by atoms with Crippen LogP contribution in [0.1, 0.15) is 37.3 Å². The van der Waals surface area contributed by atoms with Crippen molar-refractivity contribution in [3.8, 4) is 0 Å². The number of ether oxygens (including phenoxy) is 1. The maximum absolute atomic E-state index is 12.4. The molecule has 5 nitrogen and oxygen atoms in total. The van der Waals surface area contributed by atoms with E-state index in [4.69, 9.17) is 4.74 Å². The van der Waals surface area contributed by atoms with Crippen molar-refractivity contribution in [2.75, 3.05) is 13.2 Å². The van der Waals surface area contributed by atoms with Gasteiger partial charge in [-0.05, 0) is 25.7 Å². The number of likely N-dealkylation sites (tertiary alicyclic amines) is 1. The highest BCUT2D eigenvalue weighted by atomic mass is 16.5. The van der Waals surface area contributed by atoms with Crippen LogP contribution in [0.5, 0.6) is 0 Å². The van der Waals surface area contributed by atoms with Gasteiger partial charge in [0.15, 0.2) is 0 Å². The molecule has 0 unspecified atom stereocenters. The third kappa shape index (κ3) is 2.03. The molecule has 0 aliphatic carbocycles. The molecule has 3 rings (SSSR count). The Balaban J connectivity index is 1.76. The molecule has 98 valence electrons. The molecule has 2 aliphatic rings. The molecule has 2 fully saturated rings. The number of nitrogens with zero attached hydrogens (tertiary/aromatic N) is 3. The van der Waals surface area contributed by atoms with Gasteiger partial charge in [0.05, 0.1) is 12.2 Å². The third-order valence-corrected chi connectivity index (χ3v) is 3.85. The van der Waals surface area contributed by atoms with E-state index in [0.717, 1.165) is 44.4 Å². The normalized spacial score (nSPS) is 27.9. The van der Waals surface area contributed by atoms with Gasteiger partial charge in [0.2, 0.25) is 0 Å². The summed E-state index contributed by atoms with van der Waals surface area (Å²) in [6.45, 7) is 1.57. The van der Waals surface area contributed by atoms with Crippen molar-refractivity contribution in [3.63, 3.8) is 0 Å². The Kier molecular flexibility index (Phi) is 3.07. The van der Waals surface area contributed by atoms with E-state index in [0.29, 0.717) is 0 Å². The first-order valence-corrected chi connectivity index (χ1v) is 6.66. The first-order chi connectivity index (χ1) is 8.75. The summed E-state index contributed by atoms with van der Waals surface area (Å²) in [6.07, 6.45) is 7.64. The van der Waals surface area contributed by atoms with E-state index in [1.165, 1.54) is 0 Å². The van der Waals surface area contributed by atoms with Gasteiger partial charge in [0, 0.05) is 32.0 Å². The zero-order chi connectivity index (χ0) is 12.5. The number of aryl methyl sites for hydroxylation is 1. The molecule has 0 saturated carbocycles. The van der Waals surface area contributed by atoms with Crippen molar-refractivity contribution >= 4 is 5.91 Å². The van der Waals surface area contributed by atoms with Gasteiger partial charge >= 0.3 is 0 Å². The van der Waals surface area contributed by atoms with Crippen LogP contribution in [0, 0.1) is 0 Å². The van der Waals surface area contributed by atoms with Crippen LogP contribution in [0.4, 0.5) is 0 Å². The van der Waals surface area contributed by atoms with Crippen molar-refractivity contribution in [2.24, 2.45) is 7.05 Å². The zero-order valence-electron chi connectivity index (χ0n) is 10.7. The summed E-state index contributed by atoms with van der Waals surface area (Å²) >= 11 is 0. The second kappa shape index (κ2) is 4.72. The Morgan fingerprint density at radius 3 is 3.00 bits per heavy atom. The minimum absolute atomic E-state index is 0.166. The van der Waals surface area contributed by atoms with Crippen molar-refractivity contribution in [2.45, 2.75) is 37.8 Å². The fraction of sp³-hybridized carbons (Fsp3) is 0.692. The van der Waals surface area contributed by atoms with Crippen LogP contribution in [0.3, 0.4) is 0 Å². The maximum atomic E-state index is 12.4. The van der Waals surface area contributed by atoms with Crippen LogP contribution in [0.15, 0.2) is 12.4 Å². The van der Waals surface area contributed by atoms with Crippen molar-refractivity contribution in [3.05, 3.63) is 18.0 Å². The summed E-state index contributed by atoms with van der Waals surface area (Å²) in [6, 6.07) is 0.190. The smallest absolute Gasteiger partial charge is 0.252 e. The monoisotopic (exact) mass is 249 g/mol. The second-order valence-electron chi connectivity index (χ2n) is 5.14. The van der Waals surface area contributed by atoms with Crippen LogP contribution in [-0.4, -0.2) is 39.8 Å². The Morgan fingerprint density at radius 2 is 2.33 bits per heavy atom. The summed E-state index contributed by atoms with van der Waals surface area (Å²) in [5.41, 5.74) is 1.14. The second-order valence-corrected chi connectivity index (χ2v) is 5.14. The van der Waals surface area contributed by atoms with Crippen LogP contribution in [0.25, 0.3) is 0 Å². The van der Waals surface area contributed by atoms with Gasteiger partial charge in [0.25, 0.3) is 5.91 Å². The predicted octanol–water partition coefficient (Wildman–Crippen LogP) is 1.26. The number of carbonyl (C=O) groups excluding carboxylic acids is 1. The van der Waals surface area contributed by atoms with Crippen LogP contribution < -0.4 is 0 Å². The molecule has 1 aromatic rings. The van der Waals surface area contributed by atoms with Gasteiger partial charge in [-0.2, -0.15) is 5.10 Å². The molecule has 18 heavy (non-hydrogen) atoms. The summed E-state index contributed by atoms with van der Waals surface area (Å²) in [7, 11) is 1.91. The molecule has 1 amide bonds. The number of hydrogen-bond donors (Lipinski definition) is 0. The predicted molar refractivity (Wildman–Crippen MR) is 65.9 cm³/mol. The highest BCUT2D eigenvalue weighted by Gasteiger charge is 2.36. The van der Waals surface area contributed by atoms with Gasteiger partial charge in [-0.1, -0.05) is 0 Å². The lowest BCUT2D eigenvalue weighted by atomic mass is 10.1. The average molecular weight is 249 g/mol. The van der Waals surface area contributed by atoms with Gasteiger partial charge < -0.3 is 9.64 Å². The lowest BCUT2D eigenvalue weighted by Crippen LogP contribution is -2.38. The van der Waals surface area contributed by atoms with Crippen LogP contribution >= 0.6 is 0 Å². The summed E-state index contributed by atoms with van der Waals surface area (Å²) in [5, 5.41) is 4.20. The number of carbonyl (C=O) groups is 1. The fourth-order valence-electron chi connectivity index (χ4n) is 2.95. The molecule has 2 aliphatic heterocycles. The van der Waals surface area contributed by atoms with Crippen LogP contribution in [0.2, 0.25) is 0 Å².